The molecule has 17 nitrogen and oxygen atoms in total. The third-order valence-electron chi connectivity index (χ3n) is 18.7. The number of hydrogen-bond acceptors (Lipinski definition) is 15. The van der Waals surface area contributed by atoms with Crippen molar-refractivity contribution in [2.75, 3.05) is 54.2 Å². The molecule has 18 atom stereocenters. The van der Waals surface area contributed by atoms with E-state index in [-0.39, 0.29) is 43.7 Å². The van der Waals surface area contributed by atoms with Gasteiger partial charge in [-0.3, -0.25) is 14.5 Å². The van der Waals surface area contributed by atoms with Crippen LogP contribution in [0.4, 0.5) is 4.79 Å². The number of ether oxygens (including phenoxy) is 7. The summed E-state index contributed by atoms with van der Waals surface area (Å²) in [5.41, 5.74) is -4.67. The Hall–Kier alpha value is -2.84. The fourth-order valence-corrected chi connectivity index (χ4v) is 19.4. The molecule has 2 aromatic rings. The number of unbranched alkanes of at least 4 members (excludes halogenated alkanes) is 7. The van der Waals surface area contributed by atoms with E-state index in [1.807, 2.05) is 58.6 Å². The van der Waals surface area contributed by atoms with Gasteiger partial charge in [0, 0.05) is 44.0 Å². The molecular weight excluding hydrogens is 1150 g/mol. The first-order valence-corrected chi connectivity index (χ1v) is 35.7. The van der Waals surface area contributed by atoms with Crippen molar-refractivity contribution in [3.63, 3.8) is 0 Å². The number of aliphatic carboxylic acids is 1. The number of likely N-dealkylation sites (N-methyl/N-ethyl adjacent to an activating group) is 1. The largest absolute Gasteiger partial charge is 0.382 e. The zero-order valence-corrected chi connectivity index (χ0v) is 55.3. The molecule has 0 radical (unpaired) electrons. The van der Waals surface area contributed by atoms with E-state index in [1.54, 1.807) is 34.6 Å². The first-order chi connectivity index (χ1) is 38.9. The van der Waals surface area contributed by atoms with Gasteiger partial charge >= 0.3 is 186 Å². The molecule has 0 bridgehead atoms. The summed E-state index contributed by atoms with van der Waals surface area (Å²) in [6.45, 7) is 20.9. The molecule has 3 aliphatic heterocycles. The molecule has 3 saturated heterocycles. The van der Waals surface area contributed by atoms with E-state index in [1.165, 1.54) is 24.6 Å². The maximum atomic E-state index is 14.9. The van der Waals surface area contributed by atoms with Crippen LogP contribution in [0.25, 0.3) is 0 Å². The van der Waals surface area contributed by atoms with Crippen LogP contribution in [0.5, 0.6) is 0 Å². The second kappa shape index (κ2) is 30.9. The van der Waals surface area contributed by atoms with Crippen LogP contribution >= 0.6 is 20.8 Å². The zero-order chi connectivity index (χ0) is 61.7. The average Bonchev–Trinajstić information content (AvgIpc) is 2.39. The van der Waals surface area contributed by atoms with E-state index in [4.69, 9.17) is 33.2 Å². The fraction of sp³-hybridized carbons (Fsp3) is 0.766. The molecule has 0 spiro atoms. The second-order valence-electron chi connectivity index (χ2n) is 26.1. The van der Waals surface area contributed by atoms with Crippen molar-refractivity contribution < 1.29 is 68.0 Å². The standard InChI is InChI=1S/C64H107BrN3O14P/c1-16-52-64(10,75)58(82-61(73)66-35-29-21-19-17-18-20-22-30-36-83(15,65,48-31-25-23-26-32-48)49-33-27-24-28-34-49)46(6)68(13)41-42(2)39-62(8,74)57(81-60-50(38-53(69)70)51(67(11)12)37-43(3)77-60)44(4)55(45(5)59(72)79-52)80-54-40-63(9,76-14)56(71)47(7)78-54/h23-28,31-34,42-47,50-52,54-58,60,71,74-75H,16-22,29-30,35-41H2,1-15H3,(H,66,73)(H,69,70)/t42-,43-,44+,45+,46-,47+,50-,51+,52-,54+,55+,56+,57-,58-,60+,62-,63-,64-/m1/s1. The van der Waals surface area contributed by atoms with E-state index in [9.17, 15) is 34.8 Å². The number of esters is 1. The number of cyclic esters (lactones) is 1. The number of carbonyl (C=O) groups is 3. The van der Waals surface area contributed by atoms with Crippen LogP contribution in [-0.4, -0.2) is 187 Å². The van der Waals surface area contributed by atoms with Crippen molar-refractivity contribution in [2.45, 2.75) is 237 Å². The Balaban J connectivity index is 1.32. The summed E-state index contributed by atoms with van der Waals surface area (Å²) in [6, 6.07) is 20.9. The molecule has 0 aliphatic carbocycles. The molecule has 83 heavy (non-hydrogen) atoms. The van der Waals surface area contributed by atoms with Crippen molar-refractivity contribution in [2.24, 2.45) is 23.7 Å². The average molecular weight is 1250 g/mol. The Kier molecular flexibility index (Phi) is 26.4. The Morgan fingerprint density at radius 2 is 1.41 bits per heavy atom. The number of nitrogens with zero attached hydrogens (tertiary/aromatic N) is 2. The third-order valence-corrected chi connectivity index (χ3v) is 26.9. The molecule has 2 aromatic carbocycles. The summed E-state index contributed by atoms with van der Waals surface area (Å²) in [6.07, 6.45) is 0.733. The Morgan fingerprint density at radius 1 is 0.843 bits per heavy atom. The molecule has 0 unspecified atom stereocenters. The summed E-state index contributed by atoms with van der Waals surface area (Å²) in [5, 5.41) is 50.3. The van der Waals surface area contributed by atoms with Gasteiger partial charge < -0.3 is 58.5 Å². The van der Waals surface area contributed by atoms with Gasteiger partial charge in [-0.25, -0.2) is 4.79 Å². The summed E-state index contributed by atoms with van der Waals surface area (Å²) in [5.74, 6) is -4.60. The number of halogens is 1. The van der Waals surface area contributed by atoms with Crippen molar-refractivity contribution >= 4 is 49.4 Å². The molecule has 5 rings (SSSR count). The van der Waals surface area contributed by atoms with Gasteiger partial charge in [0.1, 0.15) is 17.8 Å². The quantitative estimate of drug-likeness (QED) is 0.0398. The van der Waals surface area contributed by atoms with Crippen LogP contribution in [0.1, 0.15) is 153 Å². The predicted octanol–water partition coefficient (Wildman–Crippen LogP) is 9.63. The van der Waals surface area contributed by atoms with Crippen LogP contribution in [-0.2, 0) is 42.7 Å². The molecular formula is C64H107BrN3O14P. The Labute approximate surface area is 505 Å². The van der Waals surface area contributed by atoms with Gasteiger partial charge in [0.15, 0.2) is 18.7 Å². The number of methoxy groups -OCH3 is 1. The Bertz CT molecular complexity index is 2280. The number of amides is 1. The van der Waals surface area contributed by atoms with Gasteiger partial charge in [-0.05, 0) is 94.8 Å². The maximum Gasteiger partial charge on any atom is 0.137 e. The number of hydrogen-bond donors (Lipinski definition) is 5. The summed E-state index contributed by atoms with van der Waals surface area (Å²) >= 11 is 4.38. The van der Waals surface area contributed by atoms with Crippen molar-refractivity contribution in [1.82, 2.24) is 15.1 Å². The number of alkyl carbamates (subject to hydrolysis) is 1. The molecule has 1 amide bonds. The number of aliphatic hydroxyl groups is 3. The van der Waals surface area contributed by atoms with Crippen molar-refractivity contribution in [3.05, 3.63) is 60.7 Å². The molecule has 474 valence electrons. The van der Waals surface area contributed by atoms with Crippen molar-refractivity contribution in [1.29, 1.82) is 0 Å². The number of nitrogens with one attached hydrogen (secondary N) is 1. The van der Waals surface area contributed by atoms with E-state index in [0.717, 1.165) is 57.5 Å². The first kappa shape index (κ1) is 70.9. The van der Waals surface area contributed by atoms with Gasteiger partial charge in [0.05, 0.1) is 48.0 Å². The van der Waals surface area contributed by atoms with Gasteiger partial charge in [-0.1, -0.05) is 20.8 Å². The van der Waals surface area contributed by atoms with Gasteiger partial charge in [0.2, 0.25) is 0 Å². The monoisotopic (exact) mass is 1250 g/mol. The molecule has 0 saturated carbocycles. The third kappa shape index (κ3) is 18.4. The maximum absolute atomic E-state index is 14.9. The molecule has 3 heterocycles. The van der Waals surface area contributed by atoms with E-state index >= 15 is 0 Å². The van der Waals surface area contributed by atoms with E-state index < -0.39 is 113 Å². The van der Waals surface area contributed by atoms with Crippen LogP contribution < -0.4 is 15.9 Å². The number of rotatable bonds is 23. The smallest absolute Gasteiger partial charge is 0.137 e. The Morgan fingerprint density at radius 3 is 1.95 bits per heavy atom. The van der Waals surface area contributed by atoms with Gasteiger partial charge in [-0.15, -0.1) is 0 Å². The molecule has 5 N–H and O–H groups in total. The minimum Gasteiger partial charge on any atom is -0.382 e. The predicted molar refractivity (Wildman–Crippen MR) is 332 cm³/mol. The fourth-order valence-electron chi connectivity index (χ4n) is 13.6. The second-order valence-corrected chi connectivity index (χ2v) is 36.7. The minimum absolute atomic E-state index is 0.0795. The van der Waals surface area contributed by atoms with E-state index in [2.05, 4.69) is 88.1 Å². The summed E-state index contributed by atoms with van der Waals surface area (Å²) < 4.78 is 45.1. The van der Waals surface area contributed by atoms with Crippen LogP contribution in [0.3, 0.4) is 0 Å². The first-order valence-electron chi connectivity index (χ1n) is 30.8. The molecule has 3 fully saturated rings. The molecule has 0 aromatic heterocycles. The van der Waals surface area contributed by atoms with Crippen LogP contribution in [0.2, 0.25) is 0 Å². The zero-order valence-electron chi connectivity index (χ0n) is 52.8. The minimum atomic E-state index is -2.52. The SMILES string of the molecule is CC[C@H]1OC(=O)[C@@H](C)[C@@H](O[C@H]2C[C@@](C)(OC)[C@@H](O)[C@H](C)O2)[C@H](C)[C@@H](O[C@@H]2O[C@H](C)C[C@H](N(C)C)[C@H]2CC(=O)O)[C@](C)(O)C[C@@H](C)CN(C)[C@H](C)[C@@H](OC(=O)NCCCCCCCCCCP(C)(Br)(c2ccccc2)c2ccccc2)[C@]1(C)O. The number of benzene rings is 2. The van der Waals surface area contributed by atoms with Gasteiger partial charge in [-0.2, -0.15) is 0 Å². The number of carboxylic acids is 1. The number of carboxylic acid groups (broad SMARTS) is 1. The molecule has 3 aliphatic rings. The number of carbonyl (C=O) groups excluding carboxylic acids is 2. The van der Waals surface area contributed by atoms with Crippen LogP contribution in [0, 0.1) is 23.7 Å². The topological polar surface area (TPSA) is 215 Å². The normalized spacial score (nSPS) is 36.0. The summed E-state index contributed by atoms with van der Waals surface area (Å²) in [7, 11) is 7.16. The van der Waals surface area contributed by atoms with Gasteiger partial charge in [0.25, 0.3) is 0 Å². The number of aliphatic hydroxyl groups excluding tert-OH is 1. The van der Waals surface area contributed by atoms with E-state index in [0.29, 0.717) is 19.5 Å². The van der Waals surface area contributed by atoms with Crippen molar-refractivity contribution in [3.8, 4) is 0 Å². The molecule has 19 heteroatoms. The van der Waals surface area contributed by atoms with Crippen LogP contribution in [0.15, 0.2) is 60.7 Å². The summed E-state index contributed by atoms with van der Waals surface area (Å²) in [4.78, 5) is 45.3.